The molecule has 0 spiro atoms. The fraction of sp³-hybridized carbons (Fsp3) is 0.462. The van der Waals surface area contributed by atoms with Gasteiger partial charge in [-0.2, -0.15) is 0 Å². The van der Waals surface area contributed by atoms with Gasteiger partial charge in [-0.25, -0.2) is 13.1 Å². The van der Waals surface area contributed by atoms with Gasteiger partial charge in [0.15, 0.2) is 0 Å². The van der Waals surface area contributed by atoms with Crippen molar-refractivity contribution >= 4 is 15.9 Å². The summed E-state index contributed by atoms with van der Waals surface area (Å²) >= 11 is 0. The zero-order valence-corrected chi connectivity index (χ0v) is 11.5. The van der Waals surface area contributed by atoms with Crippen LogP contribution >= 0.6 is 0 Å². The predicted molar refractivity (Wildman–Crippen MR) is 74.7 cm³/mol. The van der Waals surface area contributed by atoms with Crippen LogP contribution in [0.1, 0.15) is 37.7 Å². The summed E-state index contributed by atoms with van der Waals surface area (Å²) in [7, 11) is -3.52. The summed E-state index contributed by atoms with van der Waals surface area (Å²) in [4.78, 5) is 0.172. The molecule has 1 aromatic rings. The van der Waals surface area contributed by atoms with Crippen molar-refractivity contribution in [2.75, 3.05) is 0 Å². The third-order valence-electron chi connectivity index (χ3n) is 3.38. The van der Waals surface area contributed by atoms with Crippen LogP contribution in [-0.4, -0.2) is 20.3 Å². The van der Waals surface area contributed by atoms with Gasteiger partial charge >= 0.3 is 0 Å². The molecule has 0 aromatic heterocycles. The standard InChI is InChI=1S/C13H19N3O2S/c14-13(15)10-5-4-8-12(9-10)19(17,18)16-11-6-2-1-3-7-11/h4-5,8-9,11,16H,1-3,6-7H2,(H3,14,15). The quantitative estimate of drug-likeness (QED) is 0.577. The van der Waals surface area contributed by atoms with E-state index < -0.39 is 10.0 Å². The van der Waals surface area contributed by atoms with Gasteiger partial charge in [-0.15, -0.1) is 0 Å². The number of sulfonamides is 1. The lowest BCUT2D eigenvalue weighted by atomic mass is 9.96. The van der Waals surface area contributed by atoms with Crippen LogP contribution in [0, 0.1) is 5.41 Å². The molecule has 0 atom stereocenters. The van der Waals surface area contributed by atoms with E-state index in [1.54, 1.807) is 12.1 Å². The fourth-order valence-corrected chi connectivity index (χ4v) is 3.69. The Hall–Kier alpha value is -1.40. The van der Waals surface area contributed by atoms with Crippen molar-refractivity contribution in [2.24, 2.45) is 5.73 Å². The average molecular weight is 281 g/mol. The van der Waals surface area contributed by atoms with Crippen LogP contribution < -0.4 is 10.5 Å². The molecule has 0 amide bonds. The molecule has 104 valence electrons. The zero-order chi connectivity index (χ0) is 13.9. The number of nitrogen functional groups attached to an aromatic ring is 1. The van der Waals surface area contributed by atoms with Crippen molar-refractivity contribution in [1.29, 1.82) is 5.41 Å². The lowest BCUT2D eigenvalue weighted by Crippen LogP contribution is -2.36. The van der Waals surface area contributed by atoms with Crippen LogP contribution in [0.5, 0.6) is 0 Å². The third kappa shape index (κ3) is 3.54. The van der Waals surface area contributed by atoms with E-state index in [1.807, 2.05) is 0 Å². The van der Waals surface area contributed by atoms with Crippen molar-refractivity contribution in [3.05, 3.63) is 29.8 Å². The van der Waals surface area contributed by atoms with Gasteiger partial charge in [-0.3, -0.25) is 5.41 Å². The summed E-state index contributed by atoms with van der Waals surface area (Å²) in [6.07, 6.45) is 5.11. The highest BCUT2D eigenvalue weighted by molar-refractivity contribution is 7.89. The molecule has 1 saturated carbocycles. The smallest absolute Gasteiger partial charge is 0.240 e. The lowest BCUT2D eigenvalue weighted by Gasteiger charge is -2.22. The molecule has 6 heteroatoms. The van der Waals surface area contributed by atoms with Crippen molar-refractivity contribution < 1.29 is 8.42 Å². The molecule has 1 aromatic carbocycles. The van der Waals surface area contributed by atoms with E-state index >= 15 is 0 Å². The molecule has 4 N–H and O–H groups in total. The molecular weight excluding hydrogens is 262 g/mol. The van der Waals surface area contributed by atoms with Gasteiger partial charge in [-0.05, 0) is 25.0 Å². The van der Waals surface area contributed by atoms with Crippen molar-refractivity contribution in [2.45, 2.75) is 43.0 Å². The Kier molecular flexibility index (Phi) is 4.21. The minimum absolute atomic E-state index is 0.0275. The molecule has 19 heavy (non-hydrogen) atoms. The highest BCUT2D eigenvalue weighted by Gasteiger charge is 2.22. The average Bonchev–Trinajstić information content (AvgIpc) is 2.39. The van der Waals surface area contributed by atoms with E-state index in [0.29, 0.717) is 5.56 Å². The number of hydrogen-bond acceptors (Lipinski definition) is 3. The first-order chi connectivity index (χ1) is 8.99. The molecule has 0 radical (unpaired) electrons. The van der Waals surface area contributed by atoms with Gasteiger partial charge in [-0.1, -0.05) is 31.4 Å². The molecule has 0 aliphatic heterocycles. The largest absolute Gasteiger partial charge is 0.384 e. The Morgan fingerprint density at radius 1 is 1.26 bits per heavy atom. The van der Waals surface area contributed by atoms with E-state index in [0.717, 1.165) is 25.7 Å². The highest BCUT2D eigenvalue weighted by atomic mass is 32.2. The lowest BCUT2D eigenvalue weighted by molar-refractivity contribution is 0.412. The maximum Gasteiger partial charge on any atom is 0.240 e. The SMILES string of the molecule is N=C(N)c1cccc(S(=O)(=O)NC2CCCCC2)c1. The number of amidine groups is 1. The van der Waals surface area contributed by atoms with E-state index in [9.17, 15) is 8.42 Å². The summed E-state index contributed by atoms with van der Waals surface area (Å²) in [5, 5.41) is 7.35. The van der Waals surface area contributed by atoms with Crippen LogP contribution in [0.3, 0.4) is 0 Å². The van der Waals surface area contributed by atoms with Crippen LogP contribution in [0.2, 0.25) is 0 Å². The fourth-order valence-electron chi connectivity index (χ4n) is 2.34. The Labute approximate surface area is 113 Å². The maximum absolute atomic E-state index is 12.3. The molecule has 1 fully saturated rings. The number of benzene rings is 1. The minimum atomic E-state index is -3.52. The van der Waals surface area contributed by atoms with Gasteiger partial charge < -0.3 is 5.73 Å². The van der Waals surface area contributed by atoms with Gasteiger partial charge in [0.1, 0.15) is 5.84 Å². The molecule has 0 saturated heterocycles. The predicted octanol–water partition coefficient (Wildman–Crippen LogP) is 1.58. The van der Waals surface area contributed by atoms with Crippen LogP contribution in [0.4, 0.5) is 0 Å². The van der Waals surface area contributed by atoms with Crippen LogP contribution in [-0.2, 0) is 10.0 Å². The Balaban J connectivity index is 2.18. The van der Waals surface area contributed by atoms with E-state index in [2.05, 4.69) is 4.72 Å². The first kappa shape index (κ1) is 14.0. The van der Waals surface area contributed by atoms with E-state index in [-0.39, 0.29) is 16.8 Å². The number of nitrogens with two attached hydrogens (primary N) is 1. The first-order valence-corrected chi connectivity index (χ1v) is 7.94. The second-order valence-corrected chi connectivity index (χ2v) is 6.61. The number of rotatable bonds is 4. The number of nitrogens with one attached hydrogen (secondary N) is 2. The molecule has 1 aliphatic carbocycles. The van der Waals surface area contributed by atoms with Crippen molar-refractivity contribution in [3.63, 3.8) is 0 Å². The molecule has 0 heterocycles. The second-order valence-electron chi connectivity index (χ2n) is 4.90. The zero-order valence-electron chi connectivity index (χ0n) is 10.7. The summed E-state index contributed by atoms with van der Waals surface area (Å²) in [5.74, 6) is -0.130. The Morgan fingerprint density at radius 2 is 1.95 bits per heavy atom. The van der Waals surface area contributed by atoms with Crippen molar-refractivity contribution in [3.8, 4) is 0 Å². The minimum Gasteiger partial charge on any atom is -0.384 e. The summed E-state index contributed by atoms with van der Waals surface area (Å²) in [6.45, 7) is 0. The van der Waals surface area contributed by atoms with Gasteiger partial charge in [0.05, 0.1) is 4.90 Å². The molecular formula is C13H19N3O2S. The molecule has 5 nitrogen and oxygen atoms in total. The Morgan fingerprint density at radius 3 is 2.58 bits per heavy atom. The van der Waals surface area contributed by atoms with Gasteiger partial charge in [0.2, 0.25) is 10.0 Å². The topological polar surface area (TPSA) is 96.0 Å². The normalized spacial score (nSPS) is 17.3. The summed E-state index contributed by atoms with van der Waals surface area (Å²) in [5.41, 5.74) is 5.80. The van der Waals surface area contributed by atoms with Gasteiger partial charge in [0.25, 0.3) is 0 Å². The monoisotopic (exact) mass is 281 g/mol. The van der Waals surface area contributed by atoms with E-state index in [4.69, 9.17) is 11.1 Å². The number of hydrogen-bond donors (Lipinski definition) is 3. The first-order valence-electron chi connectivity index (χ1n) is 6.46. The van der Waals surface area contributed by atoms with Gasteiger partial charge in [0, 0.05) is 11.6 Å². The third-order valence-corrected chi connectivity index (χ3v) is 4.90. The molecule has 1 aliphatic rings. The second kappa shape index (κ2) is 5.71. The molecule has 0 bridgehead atoms. The maximum atomic E-state index is 12.3. The van der Waals surface area contributed by atoms with Crippen LogP contribution in [0.15, 0.2) is 29.2 Å². The summed E-state index contributed by atoms with van der Waals surface area (Å²) < 4.78 is 27.2. The molecule has 0 unspecified atom stereocenters. The molecule has 2 rings (SSSR count). The van der Waals surface area contributed by atoms with E-state index in [1.165, 1.54) is 18.6 Å². The Bertz CT molecular complexity index is 563. The highest BCUT2D eigenvalue weighted by Crippen LogP contribution is 2.20. The van der Waals surface area contributed by atoms with Crippen molar-refractivity contribution in [1.82, 2.24) is 4.72 Å². The van der Waals surface area contributed by atoms with Crippen LogP contribution in [0.25, 0.3) is 0 Å². The summed E-state index contributed by atoms with van der Waals surface area (Å²) in [6, 6.07) is 6.22.